The molecular formula is C17H17N3O2. The third-order valence-electron chi connectivity index (χ3n) is 3.01. The minimum atomic E-state index is -0.104. The van der Waals surface area contributed by atoms with Crippen molar-refractivity contribution in [2.45, 2.75) is 12.8 Å². The van der Waals surface area contributed by atoms with Crippen LogP contribution in [0.1, 0.15) is 18.4 Å². The molecule has 0 aliphatic carbocycles. The number of carbonyl (C=O) groups is 1. The van der Waals surface area contributed by atoms with Crippen LogP contribution < -0.4 is 15.8 Å². The van der Waals surface area contributed by atoms with Crippen LogP contribution >= 0.6 is 0 Å². The molecule has 1 amide bonds. The van der Waals surface area contributed by atoms with Crippen LogP contribution in [0.3, 0.4) is 0 Å². The Balaban J connectivity index is 1.73. The zero-order valence-electron chi connectivity index (χ0n) is 12.1. The molecule has 5 nitrogen and oxygen atoms in total. The van der Waals surface area contributed by atoms with Crippen molar-refractivity contribution in [3.8, 4) is 11.8 Å². The van der Waals surface area contributed by atoms with Crippen molar-refractivity contribution in [2.24, 2.45) is 0 Å². The molecule has 22 heavy (non-hydrogen) atoms. The molecule has 112 valence electrons. The highest BCUT2D eigenvalue weighted by molar-refractivity contribution is 5.93. The first-order chi connectivity index (χ1) is 10.7. The molecule has 0 spiro atoms. The van der Waals surface area contributed by atoms with Crippen molar-refractivity contribution in [2.75, 3.05) is 17.7 Å². The van der Waals surface area contributed by atoms with Gasteiger partial charge < -0.3 is 15.8 Å². The maximum absolute atomic E-state index is 11.8. The van der Waals surface area contributed by atoms with Crippen LogP contribution in [0.15, 0.2) is 48.5 Å². The molecule has 3 N–H and O–H groups in total. The van der Waals surface area contributed by atoms with E-state index < -0.39 is 0 Å². The number of ether oxygens (including phenoxy) is 1. The lowest BCUT2D eigenvalue weighted by molar-refractivity contribution is -0.116. The Kier molecular flexibility index (Phi) is 5.38. The second-order valence-electron chi connectivity index (χ2n) is 4.73. The number of nitrogens with one attached hydrogen (secondary N) is 1. The fourth-order valence-electron chi connectivity index (χ4n) is 1.90. The normalized spacial score (nSPS) is 9.77. The minimum Gasteiger partial charge on any atom is -0.494 e. The number of anilines is 2. The van der Waals surface area contributed by atoms with Gasteiger partial charge in [0.2, 0.25) is 5.91 Å². The molecule has 0 aromatic heterocycles. The van der Waals surface area contributed by atoms with Gasteiger partial charge in [0.05, 0.1) is 29.6 Å². The SMILES string of the molecule is N#Cc1cccc(OCCCC(=O)Nc2ccccc2N)c1. The molecule has 0 bridgehead atoms. The van der Waals surface area contributed by atoms with Gasteiger partial charge in [-0.25, -0.2) is 0 Å². The Morgan fingerprint density at radius 1 is 1.23 bits per heavy atom. The zero-order valence-corrected chi connectivity index (χ0v) is 12.1. The summed E-state index contributed by atoms with van der Waals surface area (Å²) in [6.45, 7) is 0.409. The fourth-order valence-corrected chi connectivity index (χ4v) is 1.90. The number of rotatable bonds is 6. The molecule has 0 saturated heterocycles. The smallest absolute Gasteiger partial charge is 0.224 e. The molecule has 0 heterocycles. The maximum atomic E-state index is 11.8. The third kappa shape index (κ3) is 4.53. The van der Waals surface area contributed by atoms with E-state index >= 15 is 0 Å². The Hall–Kier alpha value is -3.00. The standard InChI is InChI=1S/C17H17N3O2/c18-12-13-5-3-6-14(11-13)22-10-4-9-17(21)20-16-8-2-1-7-15(16)19/h1-3,5-8,11H,4,9-10,19H2,(H,20,21). The van der Waals surface area contributed by atoms with Gasteiger partial charge in [-0.2, -0.15) is 5.26 Å². The van der Waals surface area contributed by atoms with Gasteiger partial charge in [-0.05, 0) is 36.8 Å². The van der Waals surface area contributed by atoms with Crippen molar-refractivity contribution >= 4 is 17.3 Å². The molecule has 5 heteroatoms. The summed E-state index contributed by atoms with van der Waals surface area (Å²) in [5.74, 6) is 0.527. The van der Waals surface area contributed by atoms with Gasteiger partial charge in [-0.3, -0.25) is 4.79 Å². The Morgan fingerprint density at radius 3 is 2.82 bits per heavy atom. The highest BCUT2D eigenvalue weighted by atomic mass is 16.5. The largest absolute Gasteiger partial charge is 0.494 e. The summed E-state index contributed by atoms with van der Waals surface area (Å²) in [4.78, 5) is 11.8. The van der Waals surface area contributed by atoms with Crippen LogP contribution in [0.5, 0.6) is 5.75 Å². The topological polar surface area (TPSA) is 88.1 Å². The summed E-state index contributed by atoms with van der Waals surface area (Å²) >= 11 is 0. The van der Waals surface area contributed by atoms with Gasteiger partial charge in [0.15, 0.2) is 0 Å². The molecule has 0 atom stereocenters. The minimum absolute atomic E-state index is 0.104. The lowest BCUT2D eigenvalue weighted by Gasteiger charge is -2.08. The van der Waals surface area contributed by atoms with E-state index in [1.54, 1.807) is 36.4 Å². The summed E-state index contributed by atoms with van der Waals surface area (Å²) in [5, 5.41) is 11.6. The summed E-state index contributed by atoms with van der Waals surface area (Å²) in [7, 11) is 0. The van der Waals surface area contributed by atoms with Crippen molar-refractivity contribution in [1.29, 1.82) is 5.26 Å². The molecule has 0 aliphatic heterocycles. The predicted molar refractivity (Wildman–Crippen MR) is 85.4 cm³/mol. The van der Waals surface area contributed by atoms with E-state index in [0.29, 0.717) is 42.1 Å². The number of nitrogens with zero attached hydrogens (tertiary/aromatic N) is 1. The Labute approximate surface area is 129 Å². The second-order valence-corrected chi connectivity index (χ2v) is 4.73. The summed E-state index contributed by atoms with van der Waals surface area (Å²) in [5.41, 5.74) is 7.47. The van der Waals surface area contributed by atoms with Crippen LogP contribution in [-0.4, -0.2) is 12.5 Å². The highest BCUT2D eigenvalue weighted by Crippen LogP contribution is 2.17. The Morgan fingerprint density at radius 2 is 2.05 bits per heavy atom. The summed E-state index contributed by atoms with van der Waals surface area (Å²) in [6, 6.07) is 16.1. The van der Waals surface area contributed by atoms with Crippen LogP contribution in [0.4, 0.5) is 11.4 Å². The molecular weight excluding hydrogens is 278 g/mol. The number of nitriles is 1. The molecule has 0 unspecified atom stereocenters. The van der Waals surface area contributed by atoms with Crippen molar-refractivity contribution in [3.05, 3.63) is 54.1 Å². The number of carbonyl (C=O) groups excluding carboxylic acids is 1. The number of hydrogen-bond donors (Lipinski definition) is 2. The number of para-hydroxylation sites is 2. The first-order valence-corrected chi connectivity index (χ1v) is 6.96. The average molecular weight is 295 g/mol. The van der Waals surface area contributed by atoms with Crippen LogP contribution in [0.2, 0.25) is 0 Å². The van der Waals surface area contributed by atoms with Crippen LogP contribution in [0.25, 0.3) is 0 Å². The van der Waals surface area contributed by atoms with Crippen LogP contribution in [-0.2, 0) is 4.79 Å². The van der Waals surface area contributed by atoms with Gasteiger partial charge in [-0.1, -0.05) is 18.2 Å². The van der Waals surface area contributed by atoms with E-state index in [4.69, 9.17) is 15.7 Å². The lowest BCUT2D eigenvalue weighted by atomic mass is 10.2. The first kappa shape index (κ1) is 15.4. The molecule has 2 aromatic rings. The molecule has 0 saturated carbocycles. The van der Waals surface area contributed by atoms with Crippen molar-refractivity contribution in [1.82, 2.24) is 0 Å². The van der Waals surface area contributed by atoms with E-state index in [0.717, 1.165) is 0 Å². The molecule has 0 radical (unpaired) electrons. The molecule has 2 rings (SSSR count). The first-order valence-electron chi connectivity index (χ1n) is 6.96. The average Bonchev–Trinajstić information content (AvgIpc) is 2.54. The van der Waals surface area contributed by atoms with Crippen molar-refractivity contribution < 1.29 is 9.53 Å². The number of nitrogen functional groups attached to an aromatic ring is 1. The van der Waals surface area contributed by atoms with Crippen molar-refractivity contribution in [3.63, 3.8) is 0 Å². The number of hydrogen-bond acceptors (Lipinski definition) is 4. The zero-order chi connectivity index (χ0) is 15.8. The number of benzene rings is 2. The van der Waals surface area contributed by atoms with Gasteiger partial charge in [0, 0.05) is 6.42 Å². The highest BCUT2D eigenvalue weighted by Gasteiger charge is 2.05. The van der Waals surface area contributed by atoms with Gasteiger partial charge in [0.1, 0.15) is 5.75 Å². The van der Waals surface area contributed by atoms with E-state index in [2.05, 4.69) is 11.4 Å². The second kappa shape index (κ2) is 7.70. The van der Waals surface area contributed by atoms with Gasteiger partial charge in [-0.15, -0.1) is 0 Å². The van der Waals surface area contributed by atoms with Gasteiger partial charge >= 0.3 is 0 Å². The maximum Gasteiger partial charge on any atom is 0.224 e. The fraction of sp³-hybridized carbons (Fsp3) is 0.176. The summed E-state index contributed by atoms with van der Waals surface area (Å²) < 4.78 is 5.52. The molecule has 0 aliphatic rings. The Bertz CT molecular complexity index is 692. The molecule has 2 aromatic carbocycles. The lowest BCUT2D eigenvalue weighted by Crippen LogP contribution is -2.13. The van der Waals surface area contributed by atoms with E-state index in [1.807, 2.05) is 12.1 Å². The summed E-state index contributed by atoms with van der Waals surface area (Å²) in [6.07, 6.45) is 0.918. The monoisotopic (exact) mass is 295 g/mol. The molecule has 0 fully saturated rings. The van der Waals surface area contributed by atoms with E-state index in [9.17, 15) is 4.79 Å². The quantitative estimate of drug-likeness (QED) is 0.633. The van der Waals surface area contributed by atoms with Crippen LogP contribution in [0, 0.1) is 11.3 Å². The third-order valence-corrected chi connectivity index (χ3v) is 3.01. The van der Waals surface area contributed by atoms with E-state index in [-0.39, 0.29) is 5.91 Å². The van der Waals surface area contributed by atoms with Gasteiger partial charge in [0.25, 0.3) is 0 Å². The number of nitrogens with two attached hydrogens (primary N) is 1. The van der Waals surface area contributed by atoms with E-state index in [1.165, 1.54) is 0 Å². The number of amides is 1. The predicted octanol–water partition coefficient (Wildman–Crippen LogP) is 2.94.